The van der Waals surface area contributed by atoms with Gasteiger partial charge in [-0.2, -0.15) is 0 Å². The summed E-state index contributed by atoms with van der Waals surface area (Å²) in [6.07, 6.45) is 0. The lowest BCUT2D eigenvalue weighted by atomic mass is 10.2. The van der Waals surface area contributed by atoms with Crippen LogP contribution in [-0.2, 0) is 9.59 Å². The molecule has 0 unspecified atom stereocenters. The number of benzene rings is 2. The average molecular weight is 354 g/mol. The van der Waals surface area contributed by atoms with Crippen LogP contribution in [0.3, 0.4) is 0 Å². The summed E-state index contributed by atoms with van der Waals surface area (Å²) in [6, 6.07) is 7.50. The van der Waals surface area contributed by atoms with Crippen molar-refractivity contribution in [1.29, 1.82) is 0 Å². The highest BCUT2D eigenvalue weighted by molar-refractivity contribution is 5.94. The Bertz CT molecular complexity index is 799. The predicted molar refractivity (Wildman–Crippen MR) is 81.6 cm³/mol. The monoisotopic (exact) mass is 354 g/mol. The number of phenolic OH excluding ortho intramolecular Hbond substituents is 1. The molecule has 132 valence electrons. The lowest BCUT2D eigenvalue weighted by Gasteiger charge is -2.10. The van der Waals surface area contributed by atoms with Gasteiger partial charge in [0.05, 0.1) is 12.2 Å². The van der Waals surface area contributed by atoms with Crippen LogP contribution in [0.1, 0.15) is 0 Å². The number of carbonyl (C=O) groups excluding carboxylic acids is 2. The topological polar surface area (TPSA) is 87.7 Å². The smallest absolute Gasteiger partial charge is 0.258 e. The van der Waals surface area contributed by atoms with E-state index in [4.69, 9.17) is 4.74 Å². The number of halogens is 3. The standard InChI is InChI=1S/C16H13F3N2O4/c17-9-5-6-10(16(19)15(9)18)21-13(23)7-20-14(24)8-25-12-4-2-1-3-11(12)22/h1-6,22H,7-8H2,(H,20,24)(H,21,23). The molecule has 2 aromatic rings. The summed E-state index contributed by atoms with van der Waals surface area (Å²) >= 11 is 0. The number of ether oxygens (including phenoxy) is 1. The number of hydrogen-bond acceptors (Lipinski definition) is 4. The number of hydrogen-bond donors (Lipinski definition) is 3. The molecule has 0 aromatic heterocycles. The van der Waals surface area contributed by atoms with Crippen LogP contribution in [0.4, 0.5) is 18.9 Å². The minimum atomic E-state index is -1.71. The first kappa shape index (κ1) is 18.1. The summed E-state index contributed by atoms with van der Waals surface area (Å²) in [6.45, 7) is -1.01. The highest BCUT2D eigenvalue weighted by atomic mass is 19.2. The van der Waals surface area contributed by atoms with Gasteiger partial charge < -0.3 is 20.5 Å². The van der Waals surface area contributed by atoms with E-state index in [0.29, 0.717) is 6.07 Å². The van der Waals surface area contributed by atoms with Gasteiger partial charge in [-0.3, -0.25) is 9.59 Å². The van der Waals surface area contributed by atoms with E-state index in [1.165, 1.54) is 12.1 Å². The molecule has 0 aliphatic heterocycles. The molecular weight excluding hydrogens is 341 g/mol. The maximum Gasteiger partial charge on any atom is 0.258 e. The van der Waals surface area contributed by atoms with E-state index < -0.39 is 48.1 Å². The van der Waals surface area contributed by atoms with Crippen LogP contribution in [0.5, 0.6) is 11.5 Å². The maximum absolute atomic E-state index is 13.4. The van der Waals surface area contributed by atoms with Gasteiger partial charge in [0, 0.05) is 0 Å². The molecule has 0 bridgehead atoms. The fraction of sp³-hybridized carbons (Fsp3) is 0.125. The van der Waals surface area contributed by atoms with Crippen molar-refractivity contribution in [2.24, 2.45) is 0 Å². The molecule has 25 heavy (non-hydrogen) atoms. The molecule has 9 heteroatoms. The Morgan fingerprint density at radius 2 is 1.72 bits per heavy atom. The Balaban J connectivity index is 1.81. The average Bonchev–Trinajstić information content (AvgIpc) is 2.60. The Hall–Kier alpha value is -3.23. The Morgan fingerprint density at radius 3 is 2.44 bits per heavy atom. The van der Waals surface area contributed by atoms with Crippen molar-refractivity contribution in [2.45, 2.75) is 0 Å². The van der Waals surface area contributed by atoms with Crippen LogP contribution in [0.15, 0.2) is 36.4 Å². The van der Waals surface area contributed by atoms with Gasteiger partial charge in [0.1, 0.15) is 0 Å². The minimum Gasteiger partial charge on any atom is -0.504 e. The van der Waals surface area contributed by atoms with E-state index in [1.807, 2.05) is 5.32 Å². The van der Waals surface area contributed by atoms with Crippen LogP contribution in [-0.4, -0.2) is 30.1 Å². The second-order valence-electron chi connectivity index (χ2n) is 4.80. The summed E-state index contributed by atoms with van der Waals surface area (Å²) in [7, 11) is 0. The molecule has 2 aromatic carbocycles. The van der Waals surface area contributed by atoms with Gasteiger partial charge in [-0.15, -0.1) is 0 Å². The van der Waals surface area contributed by atoms with E-state index in [0.717, 1.165) is 6.07 Å². The third kappa shape index (κ3) is 4.87. The number of nitrogens with one attached hydrogen (secondary N) is 2. The first-order chi connectivity index (χ1) is 11.9. The molecule has 0 aliphatic rings. The van der Waals surface area contributed by atoms with Crippen molar-refractivity contribution < 1.29 is 32.6 Å². The van der Waals surface area contributed by atoms with Crippen LogP contribution in [0.2, 0.25) is 0 Å². The van der Waals surface area contributed by atoms with Crippen molar-refractivity contribution in [2.75, 3.05) is 18.5 Å². The predicted octanol–water partition coefficient (Wildman–Crippen LogP) is 1.94. The van der Waals surface area contributed by atoms with Crippen molar-refractivity contribution >= 4 is 17.5 Å². The largest absolute Gasteiger partial charge is 0.504 e. The number of para-hydroxylation sites is 2. The zero-order valence-corrected chi connectivity index (χ0v) is 12.7. The second-order valence-corrected chi connectivity index (χ2v) is 4.80. The number of anilines is 1. The lowest BCUT2D eigenvalue weighted by molar-refractivity contribution is -0.125. The molecule has 0 saturated carbocycles. The highest BCUT2D eigenvalue weighted by Gasteiger charge is 2.15. The van der Waals surface area contributed by atoms with Gasteiger partial charge >= 0.3 is 0 Å². The summed E-state index contributed by atoms with van der Waals surface area (Å²) in [5.41, 5.74) is -0.552. The molecule has 3 N–H and O–H groups in total. The quantitative estimate of drug-likeness (QED) is 0.692. The van der Waals surface area contributed by atoms with Crippen molar-refractivity contribution in [3.63, 3.8) is 0 Å². The van der Waals surface area contributed by atoms with Gasteiger partial charge in [-0.1, -0.05) is 12.1 Å². The fourth-order valence-electron chi connectivity index (χ4n) is 1.77. The fourth-order valence-corrected chi connectivity index (χ4v) is 1.77. The molecule has 6 nitrogen and oxygen atoms in total. The van der Waals surface area contributed by atoms with Crippen molar-refractivity contribution in [3.05, 3.63) is 53.8 Å². The number of carbonyl (C=O) groups is 2. The molecule has 0 heterocycles. The van der Waals surface area contributed by atoms with Gasteiger partial charge in [-0.05, 0) is 24.3 Å². The molecule has 0 saturated heterocycles. The van der Waals surface area contributed by atoms with Gasteiger partial charge in [0.2, 0.25) is 5.91 Å². The van der Waals surface area contributed by atoms with Crippen molar-refractivity contribution in [3.8, 4) is 11.5 Å². The second kappa shape index (κ2) is 8.04. The van der Waals surface area contributed by atoms with Crippen LogP contribution >= 0.6 is 0 Å². The molecule has 0 spiro atoms. The van der Waals surface area contributed by atoms with E-state index in [9.17, 15) is 27.9 Å². The van der Waals surface area contributed by atoms with E-state index in [-0.39, 0.29) is 11.5 Å². The third-order valence-electron chi connectivity index (χ3n) is 2.98. The summed E-state index contributed by atoms with van der Waals surface area (Å²) in [4.78, 5) is 23.2. The highest BCUT2D eigenvalue weighted by Crippen LogP contribution is 2.24. The molecule has 0 atom stereocenters. The van der Waals surface area contributed by atoms with Gasteiger partial charge in [0.15, 0.2) is 35.6 Å². The number of phenols is 1. The van der Waals surface area contributed by atoms with E-state index in [1.54, 1.807) is 12.1 Å². The first-order valence-electron chi connectivity index (χ1n) is 6.99. The molecule has 2 amide bonds. The summed E-state index contributed by atoms with van der Waals surface area (Å²) < 4.78 is 44.3. The Labute approximate surface area is 140 Å². The Morgan fingerprint density at radius 1 is 1.00 bits per heavy atom. The van der Waals surface area contributed by atoms with Crippen molar-refractivity contribution in [1.82, 2.24) is 5.32 Å². The maximum atomic E-state index is 13.4. The molecule has 0 fully saturated rings. The van der Waals surface area contributed by atoms with Gasteiger partial charge in [0.25, 0.3) is 5.91 Å². The zero-order valence-electron chi connectivity index (χ0n) is 12.7. The lowest BCUT2D eigenvalue weighted by Crippen LogP contribution is -2.36. The molecular formula is C16H13F3N2O4. The van der Waals surface area contributed by atoms with Crippen LogP contribution < -0.4 is 15.4 Å². The summed E-state index contributed by atoms with van der Waals surface area (Å²) in [5.74, 6) is -6.22. The van der Waals surface area contributed by atoms with Crippen LogP contribution in [0.25, 0.3) is 0 Å². The van der Waals surface area contributed by atoms with Gasteiger partial charge in [-0.25, -0.2) is 13.2 Å². The zero-order chi connectivity index (χ0) is 18.4. The van der Waals surface area contributed by atoms with E-state index >= 15 is 0 Å². The van der Waals surface area contributed by atoms with E-state index in [2.05, 4.69) is 5.32 Å². The number of aromatic hydroxyl groups is 1. The third-order valence-corrected chi connectivity index (χ3v) is 2.98. The molecule has 2 rings (SSSR count). The Kier molecular flexibility index (Phi) is 5.83. The normalized spacial score (nSPS) is 10.2. The minimum absolute atomic E-state index is 0.0889. The first-order valence-corrected chi connectivity index (χ1v) is 6.99. The number of rotatable bonds is 6. The molecule has 0 radical (unpaired) electrons. The summed E-state index contributed by atoms with van der Waals surface area (Å²) in [5, 5.41) is 13.7. The van der Waals surface area contributed by atoms with Crippen LogP contribution in [0, 0.1) is 17.5 Å². The number of amides is 2. The SMILES string of the molecule is O=C(COc1ccccc1O)NCC(=O)Nc1ccc(F)c(F)c1F. The molecule has 0 aliphatic carbocycles.